The number of benzene rings is 2. The molecule has 2 aromatic rings. The SMILES string of the molecule is COC(=O)c1ccc(S(=O)(=O)NCC2CCN(c3ccccc3OC)C2)c(C)c1. The van der Waals surface area contributed by atoms with Gasteiger partial charge in [0, 0.05) is 19.6 Å². The molecule has 29 heavy (non-hydrogen) atoms. The molecule has 1 heterocycles. The Labute approximate surface area is 171 Å². The van der Waals surface area contributed by atoms with E-state index in [1.807, 2.05) is 24.3 Å². The number of rotatable bonds is 7. The van der Waals surface area contributed by atoms with Crippen molar-refractivity contribution in [2.45, 2.75) is 18.2 Å². The minimum absolute atomic E-state index is 0.171. The van der Waals surface area contributed by atoms with E-state index in [0.717, 1.165) is 30.9 Å². The Kier molecular flexibility index (Phi) is 6.44. The maximum Gasteiger partial charge on any atom is 0.337 e. The molecule has 1 atom stereocenters. The van der Waals surface area contributed by atoms with Gasteiger partial charge in [0.05, 0.1) is 30.4 Å². The number of methoxy groups -OCH3 is 2. The molecule has 3 rings (SSSR count). The summed E-state index contributed by atoms with van der Waals surface area (Å²) < 4.78 is 38.3. The third-order valence-electron chi connectivity index (χ3n) is 5.16. The van der Waals surface area contributed by atoms with Gasteiger partial charge in [-0.15, -0.1) is 0 Å². The lowest BCUT2D eigenvalue weighted by Gasteiger charge is -2.21. The molecule has 1 aliphatic rings. The highest BCUT2D eigenvalue weighted by atomic mass is 32.2. The van der Waals surface area contributed by atoms with Crippen molar-refractivity contribution in [3.8, 4) is 5.75 Å². The van der Waals surface area contributed by atoms with E-state index in [9.17, 15) is 13.2 Å². The van der Waals surface area contributed by atoms with Crippen LogP contribution in [-0.2, 0) is 14.8 Å². The number of hydrogen-bond donors (Lipinski definition) is 1. The first-order chi connectivity index (χ1) is 13.9. The van der Waals surface area contributed by atoms with Crippen LogP contribution >= 0.6 is 0 Å². The van der Waals surface area contributed by atoms with Crippen molar-refractivity contribution < 1.29 is 22.7 Å². The van der Waals surface area contributed by atoms with Gasteiger partial charge in [-0.2, -0.15) is 0 Å². The second-order valence-corrected chi connectivity index (χ2v) is 8.83. The second kappa shape index (κ2) is 8.84. The van der Waals surface area contributed by atoms with E-state index in [2.05, 4.69) is 14.4 Å². The largest absolute Gasteiger partial charge is 0.495 e. The fraction of sp³-hybridized carbons (Fsp3) is 0.381. The molecule has 0 saturated carbocycles. The van der Waals surface area contributed by atoms with Crippen LogP contribution in [-0.4, -0.2) is 48.2 Å². The lowest BCUT2D eigenvalue weighted by Crippen LogP contribution is -2.31. The molecule has 8 heteroatoms. The molecule has 0 spiro atoms. The van der Waals surface area contributed by atoms with Crippen LogP contribution in [0.4, 0.5) is 5.69 Å². The first-order valence-corrected chi connectivity index (χ1v) is 10.9. The van der Waals surface area contributed by atoms with Crippen LogP contribution in [0.25, 0.3) is 0 Å². The third-order valence-corrected chi connectivity index (χ3v) is 6.74. The van der Waals surface area contributed by atoms with E-state index in [0.29, 0.717) is 17.7 Å². The fourth-order valence-electron chi connectivity index (χ4n) is 3.61. The average molecular weight is 419 g/mol. The Hall–Kier alpha value is -2.58. The summed E-state index contributed by atoms with van der Waals surface area (Å²) in [4.78, 5) is 14.0. The molecule has 0 amide bonds. The highest BCUT2D eigenvalue weighted by Crippen LogP contribution is 2.32. The number of carbonyl (C=O) groups is 1. The third kappa shape index (κ3) is 4.71. The first-order valence-electron chi connectivity index (χ1n) is 9.42. The zero-order valence-electron chi connectivity index (χ0n) is 16.8. The summed E-state index contributed by atoms with van der Waals surface area (Å²) in [5.74, 6) is 0.520. The summed E-state index contributed by atoms with van der Waals surface area (Å²) in [6.07, 6.45) is 0.890. The maximum absolute atomic E-state index is 12.8. The molecule has 1 aliphatic heterocycles. The van der Waals surface area contributed by atoms with Crippen molar-refractivity contribution in [1.29, 1.82) is 0 Å². The Bertz CT molecular complexity index is 990. The first kappa shape index (κ1) is 21.1. The summed E-state index contributed by atoms with van der Waals surface area (Å²) in [6, 6.07) is 12.3. The van der Waals surface area contributed by atoms with Crippen molar-refractivity contribution in [2.24, 2.45) is 5.92 Å². The van der Waals surface area contributed by atoms with Crippen LogP contribution in [0, 0.1) is 12.8 Å². The summed E-state index contributed by atoms with van der Waals surface area (Å²) in [6.45, 7) is 3.62. The normalized spacial score (nSPS) is 16.7. The van der Waals surface area contributed by atoms with Gasteiger partial charge in [0.1, 0.15) is 5.75 Å². The van der Waals surface area contributed by atoms with Crippen molar-refractivity contribution in [2.75, 3.05) is 38.8 Å². The van der Waals surface area contributed by atoms with Crippen LogP contribution in [0.15, 0.2) is 47.4 Å². The molecule has 1 unspecified atom stereocenters. The van der Waals surface area contributed by atoms with E-state index in [1.54, 1.807) is 14.0 Å². The lowest BCUT2D eigenvalue weighted by molar-refractivity contribution is 0.0600. The van der Waals surface area contributed by atoms with Crippen LogP contribution < -0.4 is 14.4 Å². The number of aryl methyl sites for hydroxylation is 1. The predicted octanol–water partition coefficient (Wildman–Crippen LogP) is 2.60. The number of nitrogens with zero attached hydrogens (tertiary/aromatic N) is 1. The number of carbonyl (C=O) groups excluding carboxylic acids is 1. The second-order valence-electron chi connectivity index (χ2n) is 7.10. The monoisotopic (exact) mass is 418 g/mol. The van der Waals surface area contributed by atoms with Crippen LogP contribution in [0.2, 0.25) is 0 Å². The maximum atomic E-state index is 12.8. The Morgan fingerprint density at radius 3 is 2.66 bits per heavy atom. The summed E-state index contributed by atoms with van der Waals surface area (Å²) in [5, 5.41) is 0. The standard InChI is InChI=1S/C21H26N2O5S/c1-15-12-17(21(24)28-3)8-9-20(15)29(25,26)22-13-16-10-11-23(14-16)18-6-4-5-7-19(18)27-2/h4-9,12,16,22H,10-11,13-14H2,1-3H3. The quantitative estimate of drug-likeness (QED) is 0.696. The zero-order chi connectivity index (χ0) is 21.0. The summed E-state index contributed by atoms with van der Waals surface area (Å²) in [5.41, 5.74) is 1.85. The smallest absolute Gasteiger partial charge is 0.337 e. The van der Waals surface area contributed by atoms with Gasteiger partial charge < -0.3 is 14.4 Å². The molecule has 1 N–H and O–H groups in total. The molecule has 0 radical (unpaired) electrons. The number of ether oxygens (including phenoxy) is 2. The average Bonchev–Trinajstić information content (AvgIpc) is 3.20. The van der Waals surface area contributed by atoms with Gasteiger partial charge >= 0.3 is 5.97 Å². The van der Waals surface area contributed by atoms with E-state index < -0.39 is 16.0 Å². The van der Waals surface area contributed by atoms with E-state index in [-0.39, 0.29) is 10.8 Å². The number of esters is 1. The summed E-state index contributed by atoms with van der Waals surface area (Å²) >= 11 is 0. The summed E-state index contributed by atoms with van der Waals surface area (Å²) in [7, 11) is -0.729. The molecule has 1 fully saturated rings. The molecule has 7 nitrogen and oxygen atoms in total. The predicted molar refractivity (Wildman–Crippen MR) is 111 cm³/mol. The van der Waals surface area contributed by atoms with Crippen LogP contribution in [0.1, 0.15) is 22.3 Å². The highest BCUT2D eigenvalue weighted by molar-refractivity contribution is 7.89. The number of anilines is 1. The molecule has 156 valence electrons. The molecule has 0 bridgehead atoms. The van der Waals surface area contributed by atoms with E-state index in [4.69, 9.17) is 4.74 Å². The minimum atomic E-state index is -3.67. The van der Waals surface area contributed by atoms with Crippen LogP contribution in [0.3, 0.4) is 0 Å². The van der Waals surface area contributed by atoms with Gasteiger partial charge in [0.15, 0.2) is 0 Å². The highest BCUT2D eigenvalue weighted by Gasteiger charge is 2.27. The van der Waals surface area contributed by atoms with E-state index >= 15 is 0 Å². The molecule has 0 aromatic heterocycles. The van der Waals surface area contributed by atoms with Gasteiger partial charge in [-0.25, -0.2) is 17.9 Å². The molecule has 2 aromatic carbocycles. The Morgan fingerprint density at radius 2 is 1.97 bits per heavy atom. The van der Waals surface area contributed by atoms with Crippen molar-refractivity contribution in [3.05, 3.63) is 53.6 Å². The molecular weight excluding hydrogens is 392 g/mol. The number of para-hydroxylation sites is 2. The topological polar surface area (TPSA) is 84.9 Å². The van der Waals surface area contributed by atoms with E-state index in [1.165, 1.54) is 25.3 Å². The van der Waals surface area contributed by atoms with Gasteiger partial charge in [-0.1, -0.05) is 12.1 Å². The molecular formula is C21H26N2O5S. The van der Waals surface area contributed by atoms with Gasteiger partial charge in [-0.05, 0) is 55.2 Å². The fourth-order valence-corrected chi connectivity index (χ4v) is 4.95. The Balaban J connectivity index is 1.65. The van der Waals surface area contributed by atoms with Gasteiger partial charge in [0.25, 0.3) is 0 Å². The number of nitrogens with one attached hydrogen (secondary N) is 1. The van der Waals surface area contributed by atoms with Crippen molar-refractivity contribution >= 4 is 21.7 Å². The van der Waals surface area contributed by atoms with Gasteiger partial charge in [-0.3, -0.25) is 0 Å². The van der Waals surface area contributed by atoms with Gasteiger partial charge in [0.2, 0.25) is 10.0 Å². The van der Waals surface area contributed by atoms with Crippen LogP contribution in [0.5, 0.6) is 5.75 Å². The number of sulfonamides is 1. The minimum Gasteiger partial charge on any atom is -0.495 e. The zero-order valence-corrected chi connectivity index (χ0v) is 17.7. The lowest BCUT2D eigenvalue weighted by atomic mass is 10.1. The molecule has 0 aliphatic carbocycles. The Morgan fingerprint density at radius 1 is 1.21 bits per heavy atom. The van der Waals surface area contributed by atoms with Crippen molar-refractivity contribution in [1.82, 2.24) is 4.72 Å². The van der Waals surface area contributed by atoms with Crippen molar-refractivity contribution in [3.63, 3.8) is 0 Å². The number of hydrogen-bond acceptors (Lipinski definition) is 6. The molecule has 1 saturated heterocycles.